The Balaban J connectivity index is 2.43. The average molecular weight is 206 g/mol. The molecule has 0 bridgehead atoms. The number of nitrogens with two attached hydrogens (primary N) is 1. The number of carbonyl (C=O) groups excluding carboxylic acids is 1. The van der Waals surface area contributed by atoms with Crippen molar-refractivity contribution < 1.29 is 4.79 Å². The van der Waals surface area contributed by atoms with Gasteiger partial charge in [0.05, 0.1) is 0 Å². The third kappa shape index (κ3) is 4.13. The van der Waals surface area contributed by atoms with Gasteiger partial charge >= 0.3 is 0 Å². The van der Waals surface area contributed by atoms with E-state index in [9.17, 15) is 4.79 Å². The van der Waals surface area contributed by atoms with E-state index in [1.165, 1.54) is 16.7 Å². The lowest BCUT2D eigenvalue weighted by Gasteiger charge is -2.08. The minimum atomic E-state index is -0.261. The minimum absolute atomic E-state index is 0.261. The molecule has 0 aliphatic carbocycles. The zero-order chi connectivity index (χ0) is 11.3. The van der Waals surface area contributed by atoms with Crippen molar-refractivity contribution in [2.45, 2.75) is 26.8 Å². The van der Waals surface area contributed by atoms with Crippen LogP contribution in [0.1, 0.15) is 23.1 Å². The van der Waals surface area contributed by atoms with Crippen LogP contribution in [0.25, 0.3) is 0 Å². The summed E-state index contributed by atoms with van der Waals surface area (Å²) in [5.74, 6) is -0.261. The first-order chi connectivity index (χ1) is 7.09. The number of amides is 1. The molecular weight excluding hydrogens is 188 g/mol. The van der Waals surface area contributed by atoms with E-state index in [1.54, 1.807) is 0 Å². The van der Waals surface area contributed by atoms with Gasteiger partial charge in [-0.3, -0.25) is 4.79 Å². The average Bonchev–Trinajstić information content (AvgIpc) is 2.17. The number of hydrogen-bond donors (Lipinski definition) is 2. The molecular formula is C12H18N2O. The molecule has 0 saturated heterocycles. The highest BCUT2D eigenvalue weighted by atomic mass is 16.1. The van der Waals surface area contributed by atoms with Gasteiger partial charge in [0.1, 0.15) is 0 Å². The smallest absolute Gasteiger partial charge is 0.218 e. The lowest BCUT2D eigenvalue weighted by molar-refractivity contribution is -0.117. The van der Waals surface area contributed by atoms with Crippen molar-refractivity contribution in [1.29, 1.82) is 0 Å². The second-order valence-corrected chi connectivity index (χ2v) is 3.82. The molecule has 0 unspecified atom stereocenters. The van der Waals surface area contributed by atoms with Gasteiger partial charge in [-0.2, -0.15) is 0 Å². The molecule has 0 aromatic heterocycles. The monoisotopic (exact) mass is 206 g/mol. The Labute approximate surface area is 90.7 Å². The fourth-order valence-corrected chi connectivity index (χ4v) is 1.43. The second kappa shape index (κ2) is 5.51. The Hall–Kier alpha value is -1.35. The summed E-state index contributed by atoms with van der Waals surface area (Å²) < 4.78 is 0. The summed E-state index contributed by atoms with van der Waals surface area (Å²) in [4.78, 5) is 10.5. The van der Waals surface area contributed by atoms with Crippen LogP contribution in [0.15, 0.2) is 18.2 Å². The fraction of sp³-hybridized carbons (Fsp3) is 0.417. The maximum atomic E-state index is 10.5. The van der Waals surface area contributed by atoms with Gasteiger partial charge in [0.2, 0.25) is 5.91 Å². The fourth-order valence-electron chi connectivity index (χ4n) is 1.43. The Kier molecular flexibility index (Phi) is 4.31. The van der Waals surface area contributed by atoms with E-state index >= 15 is 0 Å². The Morgan fingerprint density at radius 1 is 1.40 bits per heavy atom. The van der Waals surface area contributed by atoms with E-state index in [-0.39, 0.29) is 5.91 Å². The van der Waals surface area contributed by atoms with E-state index in [0.717, 1.165) is 6.54 Å². The van der Waals surface area contributed by atoms with Crippen molar-refractivity contribution in [2.24, 2.45) is 5.73 Å². The highest BCUT2D eigenvalue weighted by Gasteiger charge is 1.99. The lowest BCUT2D eigenvalue weighted by Crippen LogP contribution is -2.21. The first-order valence-corrected chi connectivity index (χ1v) is 5.15. The van der Waals surface area contributed by atoms with Gasteiger partial charge in [0.15, 0.2) is 0 Å². The first-order valence-electron chi connectivity index (χ1n) is 5.15. The van der Waals surface area contributed by atoms with Crippen LogP contribution in [-0.4, -0.2) is 12.5 Å². The van der Waals surface area contributed by atoms with Crippen molar-refractivity contribution in [3.05, 3.63) is 34.9 Å². The molecule has 0 aliphatic heterocycles. The number of primary amides is 1. The molecule has 82 valence electrons. The number of hydrogen-bond acceptors (Lipinski definition) is 2. The summed E-state index contributed by atoms with van der Waals surface area (Å²) in [5, 5.41) is 3.20. The van der Waals surface area contributed by atoms with Crippen molar-refractivity contribution in [1.82, 2.24) is 5.32 Å². The van der Waals surface area contributed by atoms with Gasteiger partial charge in [-0.15, -0.1) is 0 Å². The molecule has 1 aromatic carbocycles. The zero-order valence-corrected chi connectivity index (χ0v) is 9.34. The molecule has 0 aliphatic rings. The van der Waals surface area contributed by atoms with E-state index in [1.807, 2.05) is 0 Å². The molecule has 0 spiro atoms. The van der Waals surface area contributed by atoms with Crippen LogP contribution >= 0.6 is 0 Å². The highest BCUT2D eigenvalue weighted by molar-refractivity contribution is 5.73. The molecule has 0 atom stereocenters. The predicted octanol–water partition coefficient (Wildman–Crippen LogP) is 1.27. The van der Waals surface area contributed by atoms with Gasteiger partial charge in [-0.1, -0.05) is 23.8 Å². The van der Waals surface area contributed by atoms with E-state index in [4.69, 9.17) is 5.73 Å². The Morgan fingerprint density at radius 2 is 2.13 bits per heavy atom. The number of nitrogens with one attached hydrogen (secondary N) is 1. The van der Waals surface area contributed by atoms with Crippen LogP contribution in [-0.2, 0) is 11.3 Å². The van der Waals surface area contributed by atoms with Crippen molar-refractivity contribution >= 4 is 5.91 Å². The van der Waals surface area contributed by atoms with Gasteiger partial charge in [-0.05, 0) is 25.0 Å². The molecule has 0 fully saturated rings. The topological polar surface area (TPSA) is 55.1 Å². The minimum Gasteiger partial charge on any atom is -0.370 e. The summed E-state index contributed by atoms with van der Waals surface area (Å²) in [7, 11) is 0. The summed E-state index contributed by atoms with van der Waals surface area (Å²) in [6, 6.07) is 6.37. The summed E-state index contributed by atoms with van der Waals surface area (Å²) in [6.07, 6.45) is 0.394. The van der Waals surface area contributed by atoms with Crippen LogP contribution in [0, 0.1) is 13.8 Å². The van der Waals surface area contributed by atoms with E-state index in [2.05, 4.69) is 37.4 Å². The standard InChI is InChI=1S/C12H18N2O/c1-9-3-4-10(2)11(7-9)8-14-6-5-12(13)15/h3-4,7,14H,5-6,8H2,1-2H3,(H2,13,15). The number of carbonyl (C=O) groups is 1. The zero-order valence-electron chi connectivity index (χ0n) is 9.34. The SMILES string of the molecule is Cc1ccc(C)c(CNCCC(N)=O)c1. The van der Waals surface area contributed by atoms with E-state index < -0.39 is 0 Å². The number of rotatable bonds is 5. The molecule has 3 N–H and O–H groups in total. The highest BCUT2D eigenvalue weighted by Crippen LogP contribution is 2.09. The van der Waals surface area contributed by atoms with Crippen LogP contribution in [0.3, 0.4) is 0 Å². The van der Waals surface area contributed by atoms with Gasteiger partial charge in [0.25, 0.3) is 0 Å². The van der Waals surface area contributed by atoms with Crippen molar-refractivity contribution in [2.75, 3.05) is 6.54 Å². The number of benzene rings is 1. The first kappa shape index (κ1) is 11.7. The van der Waals surface area contributed by atoms with Gasteiger partial charge < -0.3 is 11.1 Å². The summed E-state index contributed by atoms with van der Waals surface area (Å²) >= 11 is 0. The van der Waals surface area contributed by atoms with Gasteiger partial charge in [0, 0.05) is 19.5 Å². The predicted molar refractivity (Wildman–Crippen MR) is 61.4 cm³/mol. The molecule has 3 nitrogen and oxygen atoms in total. The second-order valence-electron chi connectivity index (χ2n) is 3.82. The normalized spacial score (nSPS) is 10.3. The Bertz CT molecular complexity index is 347. The van der Waals surface area contributed by atoms with Crippen LogP contribution in [0.4, 0.5) is 0 Å². The van der Waals surface area contributed by atoms with Crippen molar-refractivity contribution in [3.8, 4) is 0 Å². The maximum absolute atomic E-state index is 10.5. The molecule has 15 heavy (non-hydrogen) atoms. The van der Waals surface area contributed by atoms with Crippen LogP contribution < -0.4 is 11.1 Å². The molecule has 0 saturated carbocycles. The van der Waals surface area contributed by atoms with Crippen LogP contribution in [0.5, 0.6) is 0 Å². The molecule has 1 rings (SSSR count). The molecule has 0 radical (unpaired) electrons. The Morgan fingerprint density at radius 3 is 2.80 bits per heavy atom. The number of aryl methyl sites for hydroxylation is 2. The summed E-state index contributed by atoms with van der Waals surface area (Å²) in [6.45, 7) is 5.60. The molecule has 3 heteroatoms. The van der Waals surface area contributed by atoms with E-state index in [0.29, 0.717) is 13.0 Å². The molecule has 1 amide bonds. The third-order valence-electron chi connectivity index (χ3n) is 2.37. The largest absolute Gasteiger partial charge is 0.370 e. The summed E-state index contributed by atoms with van der Waals surface area (Å²) in [5.41, 5.74) is 8.85. The third-order valence-corrected chi connectivity index (χ3v) is 2.37. The van der Waals surface area contributed by atoms with Gasteiger partial charge in [-0.25, -0.2) is 0 Å². The quantitative estimate of drug-likeness (QED) is 0.713. The maximum Gasteiger partial charge on any atom is 0.218 e. The molecule has 0 heterocycles. The van der Waals surface area contributed by atoms with Crippen LogP contribution in [0.2, 0.25) is 0 Å². The molecule has 1 aromatic rings. The lowest BCUT2D eigenvalue weighted by atomic mass is 10.1. The van der Waals surface area contributed by atoms with Crippen molar-refractivity contribution in [3.63, 3.8) is 0 Å².